The number of methoxy groups -OCH3 is 1. The average Bonchev–Trinajstić information content (AvgIpc) is 3.49. The zero-order chi connectivity index (χ0) is 21.9. The number of rotatable bonds is 6. The second kappa shape index (κ2) is 8.64. The minimum absolute atomic E-state index is 0.200. The van der Waals surface area contributed by atoms with Crippen molar-refractivity contribution < 1.29 is 9.53 Å². The highest BCUT2D eigenvalue weighted by atomic mass is 32.1. The maximum atomic E-state index is 12.8. The molecule has 0 radical (unpaired) electrons. The number of thiazole rings is 1. The first-order valence-corrected chi connectivity index (χ1v) is 10.9. The van der Waals surface area contributed by atoms with E-state index in [2.05, 4.69) is 32.4 Å². The van der Waals surface area contributed by atoms with E-state index in [1.54, 1.807) is 19.5 Å². The number of amides is 1. The molecule has 158 valence electrons. The molecule has 0 aliphatic carbocycles. The molecule has 0 fully saturated rings. The summed E-state index contributed by atoms with van der Waals surface area (Å²) in [6.07, 6.45) is 4.22. The summed E-state index contributed by atoms with van der Waals surface area (Å²) in [6.45, 7) is 0. The van der Waals surface area contributed by atoms with Crippen LogP contribution in [0.2, 0.25) is 0 Å². The summed E-state index contributed by atoms with van der Waals surface area (Å²) in [7, 11) is 1.62. The van der Waals surface area contributed by atoms with Gasteiger partial charge in [-0.3, -0.25) is 10.1 Å². The number of aromatic amines is 1. The van der Waals surface area contributed by atoms with E-state index < -0.39 is 0 Å². The summed E-state index contributed by atoms with van der Waals surface area (Å²) in [4.78, 5) is 24.8. The molecular formula is C25H20N4O2S. The number of nitrogens with one attached hydrogen (secondary N) is 2. The third-order valence-electron chi connectivity index (χ3n) is 5.17. The molecule has 0 aliphatic heterocycles. The third kappa shape index (κ3) is 3.98. The van der Waals surface area contributed by atoms with E-state index in [0.717, 1.165) is 32.7 Å². The van der Waals surface area contributed by atoms with Crippen LogP contribution in [0.3, 0.4) is 0 Å². The fraction of sp³-hybridized carbons (Fsp3) is 0.0800. The van der Waals surface area contributed by atoms with Gasteiger partial charge in [-0.15, -0.1) is 0 Å². The number of aromatic nitrogens is 3. The fourth-order valence-corrected chi connectivity index (χ4v) is 4.59. The highest BCUT2D eigenvalue weighted by Gasteiger charge is 2.16. The van der Waals surface area contributed by atoms with Crippen LogP contribution in [0.15, 0.2) is 79.1 Å². The van der Waals surface area contributed by atoms with E-state index in [-0.39, 0.29) is 5.91 Å². The van der Waals surface area contributed by atoms with E-state index in [0.29, 0.717) is 22.9 Å². The van der Waals surface area contributed by atoms with Crippen LogP contribution in [-0.4, -0.2) is 28.0 Å². The quantitative estimate of drug-likeness (QED) is 0.363. The predicted octanol–water partition coefficient (Wildman–Crippen LogP) is 5.54. The molecule has 0 aliphatic rings. The van der Waals surface area contributed by atoms with Gasteiger partial charge in [-0.05, 0) is 35.4 Å². The maximum Gasteiger partial charge on any atom is 0.257 e. The molecule has 5 aromatic rings. The van der Waals surface area contributed by atoms with Crippen LogP contribution in [0.5, 0.6) is 5.75 Å². The van der Waals surface area contributed by atoms with Crippen molar-refractivity contribution in [2.24, 2.45) is 0 Å². The summed E-state index contributed by atoms with van der Waals surface area (Å²) in [6, 6.07) is 21.6. The zero-order valence-corrected chi connectivity index (χ0v) is 18.1. The molecule has 2 N–H and O–H groups in total. The van der Waals surface area contributed by atoms with Crippen molar-refractivity contribution in [1.29, 1.82) is 0 Å². The van der Waals surface area contributed by atoms with Crippen LogP contribution in [0.25, 0.3) is 21.3 Å². The van der Waals surface area contributed by atoms with Gasteiger partial charge in [-0.2, -0.15) is 0 Å². The van der Waals surface area contributed by atoms with Gasteiger partial charge in [0.25, 0.3) is 5.91 Å². The van der Waals surface area contributed by atoms with Crippen LogP contribution in [-0.2, 0) is 6.42 Å². The largest absolute Gasteiger partial charge is 0.494 e. The van der Waals surface area contributed by atoms with E-state index in [1.807, 2.05) is 54.6 Å². The first kappa shape index (κ1) is 20.0. The van der Waals surface area contributed by atoms with Crippen molar-refractivity contribution in [3.8, 4) is 16.9 Å². The SMILES string of the molecule is COc1ccc(-c2ccccc2)c2sc(NC(=O)c3ccc(Cc4ncc[nH]4)cc3)nc12. The lowest BCUT2D eigenvalue weighted by molar-refractivity contribution is 0.102. The molecule has 2 aromatic heterocycles. The Labute approximate surface area is 188 Å². The van der Waals surface area contributed by atoms with Gasteiger partial charge >= 0.3 is 0 Å². The van der Waals surface area contributed by atoms with Gasteiger partial charge in [0.2, 0.25) is 0 Å². The Bertz CT molecular complexity index is 1360. The molecule has 1 amide bonds. The fourth-order valence-electron chi connectivity index (χ4n) is 3.58. The Morgan fingerprint density at radius 1 is 1.06 bits per heavy atom. The first-order valence-electron chi connectivity index (χ1n) is 10.1. The summed E-state index contributed by atoms with van der Waals surface area (Å²) in [5.41, 5.74) is 4.54. The van der Waals surface area contributed by atoms with Crippen molar-refractivity contribution in [1.82, 2.24) is 15.0 Å². The number of fused-ring (bicyclic) bond motifs is 1. The van der Waals surface area contributed by atoms with Crippen LogP contribution >= 0.6 is 11.3 Å². The lowest BCUT2D eigenvalue weighted by Crippen LogP contribution is -2.11. The number of anilines is 1. The van der Waals surface area contributed by atoms with Gasteiger partial charge in [0.15, 0.2) is 5.13 Å². The lowest BCUT2D eigenvalue weighted by atomic mass is 10.1. The van der Waals surface area contributed by atoms with E-state index >= 15 is 0 Å². The molecule has 0 saturated carbocycles. The van der Waals surface area contributed by atoms with E-state index in [9.17, 15) is 4.79 Å². The lowest BCUT2D eigenvalue weighted by Gasteiger charge is -2.05. The highest BCUT2D eigenvalue weighted by molar-refractivity contribution is 7.23. The minimum atomic E-state index is -0.200. The van der Waals surface area contributed by atoms with Crippen molar-refractivity contribution in [3.63, 3.8) is 0 Å². The second-order valence-electron chi connectivity index (χ2n) is 7.24. The first-order chi connectivity index (χ1) is 15.7. The van der Waals surface area contributed by atoms with Crippen LogP contribution in [0.4, 0.5) is 5.13 Å². The zero-order valence-electron chi connectivity index (χ0n) is 17.3. The van der Waals surface area contributed by atoms with Crippen molar-refractivity contribution in [2.75, 3.05) is 12.4 Å². The second-order valence-corrected chi connectivity index (χ2v) is 8.24. The number of benzene rings is 3. The predicted molar refractivity (Wildman–Crippen MR) is 127 cm³/mol. The van der Waals surface area contributed by atoms with Gasteiger partial charge in [0.05, 0.1) is 11.8 Å². The van der Waals surface area contributed by atoms with Crippen molar-refractivity contribution >= 4 is 32.6 Å². The maximum absolute atomic E-state index is 12.8. The Hall–Kier alpha value is -3.97. The van der Waals surface area contributed by atoms with Crippen LogP contribution < -0.4 is 10.1 Å². The van der Waals surface area contributed by atoms with E-state index in [1.165, 1.54) is 11.3 Å². The van der Waals surface area contributed by atoms with E-state index in [4.69, 9.17) is 4.74 Å². The normalized spacial score (nSPS) is 10.9. The number of imidazole rings is 1. The van der Waals surface area contributed by atoms with Gasteiger partial charge in [0, 0.05) is 29.9 Å². The molecule has 0 spiro atoms. The van der Waals surface area contributed by atoms with Crippen molar-refractivity contribution in [2.45, 2.75) is 6.42 Å². The van der Waals surface area contributed by atoms with Gasteiger partial charge in [-0.1, -0.05) is 53.8 Å². The Morgan fingerprint density at radius 3 is 2.59 bits per heavy atom. The summed E-state index contributed by atoms with van der Waals surface area (Å²) in [5.74, 6) is 1.37. The van der Waals surface area contributed by atoms with Gasteiger partial charge in [-0.25, -0.2) is 9.97 Å². The minimum Gasteiger partial charge on any atom is -0.494 e. The average molecular weight is 441 g/mol. The molecule has 6 nitrogen and oxygen atoms in total. The molecule has 0 bridgehead atoms. The number of H-pyrrole nitrogens is 1. The molecule has 32 heavy (non-hydrogen) atoms. The Kier molecular flexibility index (Phi) is 5.39. The standard InChI is InChI=1S/C25H20N4O2S/c1-31-20-12-11-19(17-5-3-2-4-6-17)23-22(20)28-25(32-23)29-24(30)18-9-7-16(8-10-18)15-21-26-13-14-27-21/h2-14H,15H2,1H3,(H,26,27)(H,28,29,30). The smallest absolute Gasteiger partial charge is 0.257 e. The van der Waals surface area contributed by atoms with Crippen molar-refractivity contribution in [3.05, 3.63) is 96.1 Å². The number of carbonyl (C=O) groups is 1. The summed E-state index contributed by atoms with van der Waals surface area (Å²) < 4.78 is 6.47. The molecular weight excluding hydrogens is 420 g/mol. The molecule has 7 heteroatoms. The summed E-state index contributed by atoms with van der Waals surface area (Å²) in [5, 5.41) is 3.47. The number of hydrogen-bond acceptors (Lipinski definition) is 5. The Morgan fingerprint density at radius 2 is 1.88 bits per heavy atom. The van der Waals surface area contributed by atoms with Crippen LogP contribution in [0.1, 0.15) is 21.7 Å². The number of carbonyl (C=O) groups excluding carboxylic acids is 1. The summed E-state index contributed by atoms with van der Waals surface area (Å²) >= 11 is 1.44. The molecule has 5 rings (SSSR count). The molecule has 0 unspecified atom stereocenters. The van der Waals surface area contributed by atoms with Gasteiger partial charge in [0.1, 0.15) is 17.1 Å². The molecule has 0 saturated heterocycles. The monoisotopic (exact) mass is 440 g/mol. The van der Waals surface area contributed by atoms with Gasteiger partial charge < -0.3 is 9.72 Å². The molecule has 2 heterocycles. The molecule has 3 aromatic carbocycles. The number of nitrogens with zero attached hydrogens (tertiary/aromatic N) is 2. The number of ether oxygens (including phenoxy) is 1. The van der Waals surface area contributed by atoms with Crippen LogP contribution in [0, 0.1) is 0 Å². The third-order valence-corrected chi connectivity index (χ3v) is 6.18. The topological polar surface area (TPSA) is 79.9 Å². The molecule has 0 atom stereocenters. The highest BCUT2D eigenvalue weighted by Crippen LogP contribution is 2.39. The number of hydrogen-bond donors (Lipinski definition) is 2. The Balaban J connectivity index is 1.40.